The van der Waals surface area contributed by atoms with Crippen LogP contribution in [0.4, 0.5) is 0 Å². The van der Waals surface area contributed by atoms with Crippen LogP contribution < -0.4 is 5.32 Å². The van der Waals surface area contributed by atoms with Crippen LogP contribution in [0.1, 0.15) is 50.4 Å². The molecule has 0 amide bonds. The second-order valence-corrected chi connectivity index (χ2v) is 7.40. The van der Waals surface area contributed by atoms with Crippen LogP contribution in [-0.2, 0) is 12.0 Å². The first-order chi connectivity index (χ1) is 9.86. The largest absolute Gasteiger partial charge is 0.306 e. The lowest BCUT2D eigenvalue weighted by Gasteiger charge is -2.20. The zero-order chi connectivity index (χ0) is 15.5. The van der Waals surface area contributed by atoms with E-state index in [0.29, 0.717) is 6.04 Å². The molecular weight excluding hydrogens is 324 g/mol. The Kier molecular flexibility index (Phi) is 5.17. The number of aromatic nitrogens is 1. The Bertz CT molecular complexity index is 585. The van der Waals surface area contributed by atoms with Crippen LogP contribution in [0.15, 0.2) is 47.2 Å². The highest BCUT2D eigenvalue weighted by Crippen LogP contribution is 2.24. The molecule has 0 radical (unpaired) electrons. The Morgan fingerprint density at radius 3 is 2.38 bits per heavy atom. The van der Waals surface area contributed by atoms with E-state index in [-0.39, 0.29) is 5.41 Å². The van der Waals surface area contributed by atoms with Gasteiger partial charge in [0.05, 0.1) is 0 Å². The van der Waals surface area contributed by atoms with Gasteiger partial charge in [0.2, 0.25) is 0 Å². The molecule has 0 saturated heterocycles. The highest BCUT2D eigenvalue weighted by atomic mass is 79.9. The first kappa shape index (κ1) is 16.2. The van der Waals surface area contributed by atoms with Gasteiger partial charge in [0, 0.05) is 29.5 Å². The monoisotopic (exact) mass is 346 g/mol. The second kappa shape index (κ2) is 6.71. The minimum Gasteiger partial charge on any atom is -0.306 e. The molecule has 112 valence electrons. The summed E-state index contributed by atoms with van der Waals surface area (Å²) >= 11 is 3.45. The van der Waals surface area contributed by atoms with E-state index >= 15 is 0 Å². The first-order valence-corrected chi connectivity index (χ1v) is 8.09. The minimum atomic E-state index is 0.206. The molecule has 1 heterocycles. The summed E-state index contributed by atoms with van der Waals surface area (Å²) in [4.78, 5) is 4.19. The van der Waals surface area contributed by atoms with Crippen molar-refractivity contribution >= 4 is 15.9 Å². The van der Waals surface area contributed by atoms with Crippen LogP contribution in [0.2, 0.25) is 0 Å². The lowest BCUT2D eigenvalue weighted by Crippen LogP contribution is -2.18. The van der Waals surface area contributed by atoms with Crippen LogP contribution in [0.25, 0.3) is 0 Å². The molecule has 2 nitrogen and oxygen atoms in total. The van der Waals surface area contributed by atoms with Crippen LogP contribution in [0.3, 0.4) is 0 Å². The molecule has 1 aromatic carbocycles. The van der Waals surface area contributed by atoms with Gasteiger partial charge < -0.3 is 5.32 Å². The van der Waals surface area contributed by atoms with Crippen molar-refractivity contribution in [1.29, 1.82) is 0 Å². The van der Waals surface area contributed by atoms with E-state index in [9.17, 15) is 0 Å². The van der Waals surface area contributed by atoms with Gasteiger partial charge in [0.1, 0.15) is 0 Å². The topological polar surface area (TPSA) is 24.9 Å². The minimum absolute atomic E-state index is 0.206. The molecule has 0 bridgehead atoms. The third-order valence-electron chi connectivity index (χ3n) is 3.65. The standard InChI is InChI=1S/C18H23BrN2/c1-13(21-11-14-9-17(19)12-20-10-14)15-5-7-16(8-6-15)18(2,3)4/h5-10,12-13,21H,11H2,1-4H3. The van der Waals surface area contributed by atoms with Gasteiger partial charge in [-0.05, 0) is 51.0 Å². The Morgan fingerprint density at radius 1 is 1.14 bits per heavy atom. The molecule has 0 spiro atoms. The summed E-state index contributed by atoms with van der Waals surface area (Å²) in [6, 6.07) is 11.3. The number of hydrogen-bond acceptors (Lipinski definition) is 2. The summed E-state index contributed by atoms with van der Waals surface area (Å²) in [5, 5.41) is 3.54. The summed E-state index contributed by atoms with van der Waals surface area (Å²) in [6.07, 6.45) is 3.70. The second-order valence-electron chi connectivity index (χ2n) is 6.49. The van der Waals surface area contributed by atoms with E-state index in [1.807, 2.05) is 6.20 Å². The van der Waals surface area contributed by atoms with Crippen molar-refractivity contribution in [2.45, 2.75) is 45.7 Å². The molecule has 3 heteroatoms. The van der Waals surface area contributed by atoms with Gasteiger partial charge in [-0.2, -0.15) is 0 Å². The maximum absolute atomic E-state index is 4.19. The molecule has 1 N–H and O–H groups in total. The van der Waals surface area contributed by atoms with Crippen molar-refractivity contribution in [1.82, 2.24) is 10.3 Å². The van der Waals surface area contributed by atoms with Gasteiger partial charge in [0.25, 0.3) is 0 Å². The van der Waals surface area contributed by atoms with E-state index in [1.165, 1.54) is 16.7 Å². The highest BCUT2D eigenvalue weighted by Gasteiger charge is 2.13. The van der Waals surface area contributed by atoms with E-state index in [1.54, 1.807) is 6.20 Å². The van der Waals surface area contributed by atoms with Crippen molar-refractivity contribution in [2.75, 3.05) is 0 Å². The van der Waals surface area contributed by atoms with Gasteiger partial charge in [-0.1, -0.05) is 45.0 Å². The molecule has 0 saturated carbocycles. The lowest BCUT2D eigenvalue weighted by atomic mass is 9.86. The fourth-order valence-corrected chi connectivity index (χ4v) is 2.63. The number of benzene rings is 1. The normalized spacial score (nSPS) is 13.2. The van der Waals surface area contributed by atoms with Crippen LogP contribution >= 0.6 is 15.9 Å². The number of halogens is 1. The summed E-state index contributed by atoms with van der Waals surface area (Å²) in [5.41, 5.74) is 4.07. The predicted molar refractivity (Wildman–Crippen MR) is 92.3 cm³/mol. The third-order valence-corrected chi connectivity index (χ3v) is 4.08. The number of rotatable bonds is 4. The van der Waals surface area contributed by atoms with Gasteiger partial charge >= 0.3 is 0 Å². The zero-order valence-electron chi connectivity index (χ0n) is 13.2. The number of pyridine rings is 1. The molecule has 1 atom stereocenters. The van der Waals surface area contributed by atoms with Gasteiger partial charge in [-0.3, -0.25) is 4.98 Å². The summed E-state index contributed by atoms with van der Waals surface area (Å²) in [6.45, 7) is 9.73. The lowest BCUT2D eigenvalue weighted by molar-refractivity contribution is 0.569. The third kappa shape index (κ3) is 4.65. The number of nitrogens with one attached hydrogen (secondary N) is 1. The van der Waals surface area contributed by atoms with Gasteiger partial charge in [0.15, 0.2) is 0 Å². The predicted octanol–water partition coefficient (Wildman–Crippen LogP) is 4.99. The number of nitrogens with zero attached hydrogens (tertiary/aromatic N) is 1. The fraction of sp³-hybridized carbons (Fsp3) is 0.389. The Morgan fingerprint density at radius 2 is 1.81 bits per heavy atom. The summed E-state index contributed by atoms with van der Waals surface area (Å²) < 4.78 is 1.02. The Hall–Kier alpha value is -1.19. The van der Waals surface area contributed by atoms with Crippen molar-refractivity contribution in [2.24, 2.45) is 0 Å². The quantitative estimate of drug-likeness (QED) is 0.843. The first-order valence-electron chi connectivity index (χ1n) is 7.29. The van der Waals surface area contributed by atoms with E-state index in [2.05, 4.69) is 84.3 Å². The molecule has 1 aromatic heterocycles. The number of hydrogen-bond donors (Lipinski definition) is 1. The molecule has 0 aliphatic carbocycles. The Labute approximate surface area is 136 Å². The molecule has 2 aromatic rings. The van der Waals surface area contributed by atoms with Gasteiger partial charge in [-0.25, -0.2) is 0 Å². The SMILES string of the molecule is CC(NCc1cncc(Br)c1)c1ccc(C(C)(C)C)cc1. The molecular formula is C18H23BrN2. The van der Waals surface area contributed by atoms with E-state index in [0.717, 1.165) is 11.0 Å². The van der Waals surface area contributed by atoms with Crippen molar-refractivity contribution < 1.29 is 0 Å². The van der Waals surface area contributed by atoms with Crippen LogP contribution in [0, 0.1) is 0 Å². The van der Waals surface area contributed by atoms with Crippen LogP contribution in [0.5, 0.6) is 0 Å². The maximum Gasteiger partial charge on any atom is 0.0410 e. The maximum atomic E-state index is 4.19. The molecule has 1 unspecified atom stereocenters. The zero-order valence-corrected chi connectivity index (χ0v) is 14.7. The molecule has 21 heavy (non-hydrogen) atoms. The highest BCUT2D eigenvalue weighted by molar-refractivity contribution is 9.10. The van der Waals surface area contributed by atoms with Crippen LogP contribution in [-0.4, -0.2) is 4.98 Å². The van der Waals surface area contributed by atoms with Crippen molar-refractivity contribution in [3.05, 3.63) is 63.9 Å². The average Bonchev–Trinajstić information content (AvgIpc) is 2.44. The Balaban J connectivity index is 1.99. The molecule has 0 aliphatic rings. The van der Waals surface area contributed by atoms with E-state index in [4.69, 9.17) is 0 Å². The summed E-state index contributed by atoms with van der Waals surface area (Å²) in [5.74, 6) is 0. The average molecular weight is 347 g/mol. The molecule has 2 rings (SSSR count). The van der Waals surface area contributed by atoms with Gasteiger partial charge in [-0.15, -0.1) is 0 Å². The fourth-order valence-electron chi connectivity index (χ4n) is 2.21. The molecule has 0 fully saturated rings. The smallest absolute Gasteiger partial charge is 0.0410 e. The summed E-state index contributed by atoms with van der Waals surface area (Å²) in [7, 11) is 0. The van der Waals surface area contributed by atoms with E-state index < -0.39 is 0 Å². The molecule has 0 aliphatic heterocycles. The van der Waals surface area contributed by atoms with Crippen molar-refractivity contribution in [3.63, 3.8) is 0 Å². The van der Waals surface area contributed by atoms with Crippen molar-refractivity contribution in [3.8, 4) is 0 Å².